The molecule has 3 aliphatic heterocycles. The molecule has 0 N–H and O–H groups in total. The topological polar surface area (TPSA) is 84.7 Å². The van der Waals surface area contributed by atoms with E-state index in [2.05, 4.69) is 52.3 Å². The minimum absolute atomic E-state index is 0.465. The molecular weight excluding hydrogens is 456 g/mol. The van der Waals surface area contributed by atoms with Crippen LogP contribution in [0.1, 0.15) is 33.5 Å². The molecule has 10 heteroatoms. The lowest BCUT2D eigenvalue weighted by Gasteiger charge is -2.33. The number of likely N-dealkylation sites (N-methyl/N-ethyl adjacent to an activating group) is 1. The number of morpholine rings is 1. The van der Waals surface area contributed by atoms with Crippen LogP contribution in [-0.4, -0.2) is 95.5 Å². The zero-order valence-electron chi connectivity index (χ0n) is 22.2. The number of nitrogens with zero attached hydrogens (tertiary/aromatic N) is 8. The van der Waals surface area contributed by atoms with Crippen molar-refractivity contribution in [1.29, 1.82) is 0 Å². The van der Waals surface area contributed by atoms with Crippen molar-refractivity contribution < 1.29 is 9.47 Å². The molecule has 6 rings (SSSR count). The van der Waals surface area contributed by atoms with Gasteiger partial charge in [0.15, 0.2) is 22.8 Å². The highest BCUT2D eigenvalue weighted by atomic mass is 16.5. The maximum absolute atomic E-state index is 6.02. The predicted molar refractivity (Wildman–Crippen MR) is 142 cm³/mol. The minimum atomic E-state index is -0.465. The average molecular weight is 495 g/mol. The monoisotopic (exact) mass is 494 g/mol. The molecule has 2 saturated heterocycles. The summed E-state index contributed by atoms with van der Waals surface area (Å²) in [5.41, 5.74) is 2.14. The number of pyridine rings is 1. The van der Waals surface area contributed by atoms with Gasteiger partial charge in [0.25, 0.3) is 0 Å². The lowest BCUT2D eigenvalue weighted by Crippen LogP contribution is -2.44. The van der Waals surface area contributed by atoms with E-state index in [-0.39, 0.29) is 0 Å². The van der Waals surface area contributed by atoms with E-state index < -0.39 is 5.60 Å². The van der Waals surface area contributed by atoms with Gasteiger partial charge in [-0.3, -0.25) is 0 Å². The van der Waals surface area contributed by atoms with E-state index in [9.17, 15) is 0 Å². The molecule has 0 amide bonds. The molecule has 3 aromatic rings. The number of aromatic nitrogens is 5. The molecular formula is C26H38N8O2. The zero-order chi connectivity index (χ0) is 25.3. The summed E-state index contributed by atoms with van der Waals surface area (Å²) in [5.74, 6) is 3.45. The Labute approximate surface area is 213 Å². The Morgan fingerprint density at radius 2 is 1.58 bits per heavy atom. The Morgan fingerprint density at radius 1 is 0.833 bits per heavy atom. The van der Waals surface area contributed by atoms with Crippen molar-refractivity contribution in [3.05, 3.63) is 24.2 Å². The highest BCUT2D eigenvalue weighted by Gasteiger charge is 2.34. The van der Waals surface area contributed by atoms with E-state index in [1.54, 1.807) is 0 Å². The second-order valence-corrected chi connectivity index (χ2v) is 9.78. The summed E-state index contributed by atoms with van der Waals surface area (Å²) in [6.45, 7) is 16.5. The normalized spacial score (nSPS) is 20.1. The van der Waals surface area contributed by atoms with Crippen LogP contribution in [0, 0.1) is 0 Å². The zero-order valence-corrected chi connectivity index (χ0v) is 22.2. The first-order chi connectivity index (χ1) is 17.5. The van der Waals surface area contributed by atoms with Crippen LogP contribution < -0.4 is 9.80 Å². The molecule has 2 fully saturated rings. The third-order valence-electron chi connectivity index (χ3n) is 7.04. The van der Waals surface area contributed by atoms with Crippen molar-refractivity contribution in [2.75, 3.05) is 75.9 Å². The fourth-order valence-electron chi connectivity index (χ4n) is 4.98. The van der Waals surface area contributed by atoms with Crippen LogP contribution in [0.2, 0.25) is 0 Å². The van der Waals surface area contributed by atoms with Gasteiger partial charge in [0.2, 0.25) is 0 Å². The Kier molecular flexibility index (Phi) is 7.09. The van der Waals surface area contributed by atoms with Gasteiger partial charge >= 0.3 is 0 Å². The van der Waals surface area contributed by atoms with Crippen LogP contribution in [0.4, 0.5) is 11.6 Å². The minimum Gasteiger partial charge on any atom is -0.378 e. The van der Waals surface area contributed by atoms with Crippen molar-refractivity contribution in [2.24, 2.45) is 0 Å². The van der Waals surface area contributed by atoms with Crippen molar-refractivity contribution >= 4 is 22.8 Å². The largest absolute Gasteiger partial charge is 0.378 e. The number of piperazine rings is 1. The lowest BCUT2D eigenvalue weighted by atomic mass is 10.1. The van der Waals surface area contributed by atoms with E-state index in [1.165, 1.54) is 0 Å². The summed E-state index contributed by atoms with van der Waals surface area (Å²) >= 11 is 0. The van der Waals surface area contributed by atoms with Crippen molar-refractivity contribution in [1.82, 2.24) is 29.4 Å². The second-order valence-electron chi connectivity index (χ2n) is 9.78. The first-order valence-electron chi connectivity index (χ1n) is 13.1. The number of rotatable bonds is 3. The van der Waals surface area contributed by atoms with Gasteiger partial charge in [-0.2, -0.15) is 0 Å². The first kappa shape index (κ1) is 24.9. The van der Waals surface area contributed by atoms with Crippen LogP contribution in [0.25, 0.3) is 22.6 Å². The summed E-state index contributed by atoms with van der Waals surface area (Å²) in [4.78, 5) is 26.7. The quantitative estimate of drug-likeness (QED) is 0.546. The van der Waals surface area contributed by atoms with Crippen molar-refractivity contribution in [3.63, 3.8) is 0 Å². The summed E-state index contributed by atoms with van der Waals surface area (Å²) < 4.78 is 13.8. The molecule has 0 radical (unpaired) electrons. The van der Waals surface area contributed by atoms with Crippen LogP contribution in [0.15, 0.2) is 18.3 Å². The molecule has 36 heavy (non-hydrogen) atoms. The van der Waals surface area contributed by atoms with Gasteiger partial charge in [0.05, 0.1) is 19.8 Å². The van der Waals surface area contributed by atoms with Gasteiger partial charge < -0.3 is 28.7 Å². The van der Waals surface area contributed by atoms with E-state index in [1.807, 2.05) is 20.0 Å². The molecule has 6 heterocycles. The number of ether oxygens (including phenoxy) is 2. The molecule has 0 saturated carbocycles. The van der Waals surface area contributed by atoms with Gasteiger partial charge in [-0.25, -0.2) is 19.9 Å². The Balaban J connectivity index is 0.00000130. The standard InChI is InChI=1S/C24H32N8O2.C2H6/c1-24(2)23-26-19-21(31-10-13-33-14-11-31)27-20(28-22(19)32(23)12-15-34-24)17-4-5-18(25-16-17)30-8-6-29(3)7-9-30;1-2/h4-5,16H,6-15H2,1-3H3;1-2H3. The fourth-order valence-corrected chi connectivity index (χ4v) is 4.98. The molecule has 3 aromatic heterocycles. The average Bonchev–Trinajstić information content (AvgIpc) is 3.31. The number of hydrogen-bond acceptors (Lipinski definition) is 9. The molecule has 3 aliphatic rings. The molecule has 10 nitrogen and oxygen atoms in total. The first-order valence-corrected chi connectivity index (χ1v) is 13.1. The third kappa shape index (κ3) is 4.65. The Bertz CT molecular complexity index is 1180. The maximum atomic E-state index is 6.02. The smallest absolute Gasteiger partial charge is 0.166 e. The van der Waals surface area contributed by atoms with E-state index >= 15 is 0 Å². The summed E-state index contributed by atoms with van der Waals surface area (Å²) in [7, 11) is 2.16. The molecule has 0 spiro atoms. The summed E-state index contributed by atoms with van der Waals surface area (Å²) in [5, 5.41) is 0. The Hall–Kier alpha value is -2.82. The maximum Gasteiger partial charge on any atom is 0.166 e. The van der Waals surface area contributed by atoms with Crippen LogP contribution in [0.5, 0.6) is 0 Å². The van der Waals surface area contributed by atoms with Crippen molar-refractivity contribution in [2.45, 2.75) is 39.8 Å². The van der Waals surface area contributed by atoms with Crippen molar-refractivity contribution in [3.8, 4) is 11.4 Å². The van der Waals surface area contributed by atoms with Gasteiger partial charge in [-0.15, -0.1) is 0 Å². The van der Waals surface area contributed by atoms with Gasteiger partial charge in [0.1, 0.15) is 17.2 Å². The summed E-state index contributed by atoms with van der Waals surface area (Å²) in [6.07, 6.45) is 1.90. The van der Waals surface area contributed by atoms with Gasteiger partial charge in [0, 0.05) is 57.6 Å². The third-order valence-corrected chi connectivity index (χ3v) is 7.04. The number of anilines is 2. The molecule has 0 unspecified atom stereocenters. The number of imidazole rings is 1. The fraction of sp³-hybridized carbons (Fsp3) is 0.615. The molecule has 0 aromatic carbocycles. The highest BCUT2D eigenvalue weighted by Crippen LogP contribution is 2.35. The molecule has 0 atom stereocenters. The predicted octanol–water partition coefficient (Wildman–Crippen LogP) is 2.77. The van der Waals surface area contributed by atoms with Crippen LogP contribution >= 0.6 is 0 Å². The second kappa shape index (κ2) is 10.3. The van der Waals surface area contributed by atoms with Gasteiger partial charge in [-0.05, 0) is 33.0 Å². The van der Waals surface area contributed by atoms with Crippen LogP contribution in [-0.2, 0) is 21.6 Å². The molecule has 0 bridgehead atoms. The molecule has 0 aliphatic carbocycles. The lowest BCUT2D eigenvalue weighted by molar-refractivity contribution is -0.0530. The Morgan fingerprint density at radius 3 is 2.28 bits per heavy atom. The van der Waals surface area contributed by atoms with E-state index in [4.69, 9.17) is 29.4 Å². The van der Waals surface area contributed by atoms with E-state index in [0.29, 0.717) is 25.6 Å². The highest BCUT2D eigenvalue weighted by molar-refractivity contribution is 5.86. The van der Waals surface area contributed by atoms with Crippen LogP contribution in [0.3, 0.4) is 0 Å². The number of hydrogen-bond donors (Lipinski definition) is 0. The van der Waals surface area contributed by atoms with Gasteiger partial charge in [-0.1, -0.05) is 13.8 Å². The SMILES string of the molecule is CC.CN1CCN(c2ccc(-c3nc(N4CCOCC4)c4nc5n(c4n3)CCOC5(C)C)cn2)CC1. The van der Waals surface area contributed by atoms with E-state index in [0.717, 1.165) is 80.0 Å². The number of fused-ring (bicyclic) bond motifs is 3. The molecule has 194 valence electrons. The summed E-state index contributed by atoms with van der Waals surface area (Å²) in [6, 6.07) is 4.18.